The molecule has 1 atom stereocenters. The molecule has 0 radical (unpaired) electrons. The first kappa shape index (κ1) is 25.2. The number of aliphatic hydroxyl groups is 1. The van der Waals surface area contributed by atoms with Gasteiger partial charge in [0.1, 0.15) is 11.4 Å². The van der Waals surface area contributed by atoms with Crippen LogP contribution < -0.4 is 10.7 Å². The Morgan fingerprint density at radius 2 is 2.03 bits per heavy atom. The number of nitrogens with one attached hydrogen (secondary N) is 2. The van der Waals surface area contributed by atoms with Crippen molar-refractivity contribution < 1.29 is 23.1 Å². The molecule has 3 heterocycles. The minimum absolute atomic E-state index is 0.150. The third-order valence-electron chi connectivity index (χ3n) is 5.17. The van der Waals surface area contributed by atoms with E-state index in [2.05, 4.69) is 30.8 Å². The summed E-state index contributed by atoms with van der Waals surface area (Å²) in [5, 5.41) is 19.4. The van der Waals surface area contributed by atoms with E-state index in [0.717, 1.165) is 22.7 Å². The van der Waals surface area contributed by atoms with E-state index in [0.29, 0.717) is 23.0 Å². The van der Waals surface area contributed by atoms with Gasteiger partial charge in [-0.2, -0.15) is 18.3 Å². The maximum Gasteiger partial charge on any atom is 0.431 e. The molecule has 186 valence electrons. The molecule has 0 aliphatic heterocycles. The summed E-state index contributed by atoms with van der Waals surface area (Å²) in [6.45, 7) is 0.210. The molecule has 13 heteroatoms. The fourth-order valence-electron chi connectivity index (χ4n) is 3.24. The van der Waals surface area contributed by atoms with Crippen LogP contribution in [0.25, 0.3) is 10.0 Å². The summed E-state index contributed by atoms with van der Waals surface area (Å²) in [6.07, 6.45) is -0.854. The van der Waals surface area contributed by atoms with Gasteiger partial charge in [-0.25, -0.2) is 9.97 Å². The van der Waals surface area contributed by atoms with E-state index in [1.807, 2.05) is 5.38 Å². The van der Waals surface area contributed by atoms with Crippen molar-refractivity contribution in [1.29, 1.82) is 0 Å². The Morgan fingerprint density at radius 3 is 2.69 bits per heavy atom. The van der Waals surface area contributed by atoms with Gasteiger partial charge in [0.25, 0.3) is 5.91 Å². The molecule has 4 rings (SSSR count). The number of amides is 1. The Bertz CT molecular complexity index is 1150. The SMILES string of the molecule is O=C(NCCCC/C(=N\NC(O)c1ccccn1)C(F)(F)F)c1nc(-c2nccs2)sc1C1CC1. The van der Waals surface area contributed by atoms with Crippen molar-refractivity contribution in [3.63, 3.8) is 0 Å². The van der Waals surface area contributed by atoms with Gasteiger partial charge < -0.3 is 10.4 Å². The highest BCUT2D eigenvalue weighted by molar-refractivity contribution is 7.20. The summed E-state index contributed by atoms with van der Waals surface area (Å²) in [7, 11) is 0. The number of hydrazone groups is 1. The Balaban J connectivity index is 1.28. The molecule has 1 fully saturated rings. The minimum Gasteiger partial charge on any atom is -0.367 e. The van der Waals surface area contributed by atoms with Gasteiger partial charge in [-0.05, 0) is 50.2 Å². The van der Waals surface area contributed by atoms with Crippen LogP contribution in [0.3, 0.4) is 0 Å². The van der Waals surface area contributed by atoms with Gasteiger partial charge in [-0.15, -0.1) is 22.7 Å². The standard InChI is InChI=1S/C22H23F3N6O2S2/c23-22(24,25)15(30-31-18(32)14-5-1-3-9-26-14)6-2-4-10-27-19(33)16-17(13-7-8-13)35-21(29-16)20-28-11-12-34-20/h1,3,5,9,11-13,18,31-32H,2,4,6-8,10H2,(H,27,33)/b30-15+. The molecule has 0 bridgehead atoms. The minimum atomic E-state index is -4.65. The Labute approximate surface area is 207 Å². The van der Waals surface area contributed by atoms with E-state index in [9.17, 15) is 23.1 Å². The van der Waals surface area contributed by atoms with Crippen LogP contribution in [0.1, 0.15) is 65.3 Å². The van der Waals surface area contributed by atoms with Gasteiger partial charge >= 0.3 is 6.18 Å². The topological polar surface area (TPSA) is 112 Å². The first-order valence-corrected chi connectivity index (χ1v) is 12.7. The van der Waals surface area contributed by atoms with E-state index in [1.54, 1.807) is 18.3 Å². The zero-order valence-corrected chi connectivity index (χ0v) is 20.1. The van der Waals surface area contributed by atoms with Crippen molar-refractivity contribution in [3.8, 4) is 10.0 Å². The van der Waals surface area contributed by atoms with Gasteiger partial charge in [0, 0.05) is 29.2 Å². The lowest BCUT2D eigenvalue weighted by molar-refractivity contribution is -0.0614. The molecular formula is C22H23F3N6O2S2. The summed E-state index contributed by atoms with van der Waals surface area (Å²) in [6, 6.07) is 4.70. The number of hydrogen-bond donors (Lipinski definition) is 3. The number of nitrogens with zero attached hydrogens (tertiary/aromatic N) is 4. The van der Waals surface area contributed by atoms with Crippen LogP contribution in [-0.4, -0.2) is 44.4 Å². The number of alkyl halides is 3. The van der Waals surface area contributed by atoms with Crippen molar-refractivity contribution in [3.05, 3.63) is 52.2 Å². The van der Waals surface area contributed by atoms with Gasteiger partial charge in [0.2, 0.25) is 0 Å². The average Bonchev–Trinajstić information content (AvgIpc) is 3.34. The lowest BCUT2D eigenvalue weighted by Crippen LogP contribution is -2.28. The normalized spacial score (nSPS) is 15.1. The number of thiazole rings is 2. The van der Waals surface area contributed by atoms with Crippen molar-refractivity contribution in [2.24, 2.45) is 5.10 Å². The van der Waals surface area contributed by atoms with Crippen molar-refractivity contribution in [1.82, 2.24) is 25.7 Å². The number of carbonyl (C=O) groups is 1. The molecule has 0 aromatic carbocycles. The molecule has 1 aliphatic carbocycles. The molecule has 3 aromatic rings. The second-order valence-electron chi connectivity index (χ2n) is 7.90. The second kappa shape index (κ2) is 11.2. The Kier molecular flexibility index (Phi) is 8.08. The second-order valence-corrected chi connectivity index (χ2v) is 9.82. The van der Waals surface area contributed by atoms with Gasteiger partial charge in [0.15, 0.2) is 16.2 Å². The van der Waals surface area contributed by atoms with E-state index in [-0.39, 0.29) is 31.0 Å². The maximum atomic E-state index is 13.3. The summed E-state index contributed by atoms with van der Waals surface area (Å²) >= 11 is 2.93. The zero-order chi connectivity index (χ0) is 24.8. The van der Waals surface area contributed by atoms with E-state index < -0.39 is 18.1 Å². The third-order valence-corrected chi connectivity index (χ3v) is 7.31. The summed E-state index contributed by atoms with van der Waals surface area (Å²) in [5.41, 5.74) is 1.60. The average molecular weight is 525 g/mol. The zero-order valence-electron chi connectivity index (χ0n) is 18.5. The Morgan fingerprint density at radius 1 is 1.20 bits per heavy atom. The highest BCUT2D eigenvalue weighted by Crippen LogP contribution is 2.46. The molecule has 35 heavy (non-hydrogen) atoms. The lowest BCUT2D eigenvalue weighted by atomic mass is 10.1. The van der Waals surface area contributed by atoms with Gasteiger partial charge in [-0.1, -0.05) is 6.07 Å². The molecule has 3 N–H and O–H groups in total. The molecule has 1 saturated carbocycles. The molecule has 1 amide bonds. The van der Waals surface area contributed by atoms with Gasteiger partial charge in [-0.3, -0.25) is 15.2 Å². The third kappa shape index (κ3) is 6.83. The summed E-state index contributed by atoms with van der Waals surface area (Å²) < 4.78 is 40.0. The molecule has 8 nitrogen and oxygen atoms in total. The van der Waals surface area contributed by atoms with Crippen LogP contribution in [-0.2, 0) is 0 Å². The van der Waals surface area contributed by atoms with Crippen LogP contribution in [0, 0.1) is 0 Å². The number of rotatable bonds is 11. The Hall–Kier alpha value is -2.90. The highest BCUT2D eigenvalue weighted by Gasteiger charge is 2.35. The number of hydrogen-bond acceptors (Lipinski definition) is 9. The molecule has 1 unspecified atom stereocenters. The van der Waals surface area contributed by atoms with Crippen LogP contribution in [0.4, 0.5) is 13.2 Å². The fraction of sp³-hybridized carbons (Fsp3) is 0.409. The van der Waals surface area contributed by atoms with Crippen LogP contribution in [0.15, 0.2) is 41.1 Å². The van der Waals surface area contributed by atoms with Crippen molar-refractivity contribution in [2.45, 2.75) is 50.4 Å². The number of aliphatic hydroxyl groups excluding tert-OH is 1. The number of carbonyl (C=O) groups excluding carboxylic acids is 1. The summed E-state index contributed by atoms with van der Waals surface area (Å²) in [4.78, 5) is 26.3. The molecule has 0 spiro atoms. The molecule has 1 aliphatic rings. The predicted octanol–water partition coefficient (Wildman–Crippen LogP) is 4.64. The van der Waals surface area contributed by atoms with Gasteiger partial charge in [0.05, 0.1) is 5.69 Å². The number of aromatic nitrogens is 3. The molecular weight excluding hydrogens is 501 g/mol. The molecule has 0 saturated heterocycles. The van der Waals surface area contributed by atoms with E-state index in [1.165, 1.54) is 34.9 Å². The summed E-state index contributed by atoms with van der Waals surface area (Å²) in [5.74, 6) is 0.0114. The van der Waals surface area contributed by atoms with E-state index in [4.69, 9.17) is 0 Å². The number of pyridine rings is 1. The number of unbranched alkanes of at least 4 members (excludes halogenated alkanes) is 1. The lowest BCUT2D eigenvalue weighted by Gasteiger charge is -2.14. The first-order chi connectivity index (χ1) is 16.8. The van der Waals surface area contributed by atoms with E-state index >= 15 is 0 Å². The van der Waals surface area contributed by atoms with Crippen molar-refractivity contribution in [2.75, 3.05) is 6.54 Å². The predicted molar refractivity (Wildman–Crippen MR) is 127 cm³/mol. The van der Waals surface area contributed by atoms with Crippen LogP contribution in [0.5, 0.6) is 0 Å². The molecule has 3 aromatic heterocycles. The van der Waals surface area contributed by atoms with Crippen LogP contribution >= 0.6 is 22.7 Å². The van der Waals surface area contributed by atoms with Crippen molar-refractivity contribution >= 4 is 34.3 Å². The quantitative estimate of drug-likeness (QED) is 0.146. The largest absolute Gasteiger partial charge is 0.431 e. The maximum absolute atomic E-state index is 13.3. The fourth-order valence-corrected chi connectivity index (χ4v) is 5.16. The monoisotopic (exact) mass is 524 g/mol. The van der Waals surface area contributed by atoms with Crippen LogP contribution in [0.2, 0.25) is 0 Å². The smallest absolute Gasteiger partial charge is 0.367 e. The number of halogens is 3. The highest BCUT2D eigenvalue weighted by atomic mass is 32.1. The first-order valence-electron chi connectivity index (χ1n) is 11.0.